The molecule has 21 heavy (non-hydrogen) atoms. The number of nitrogens with zero attached hydrogens (tertiary/aromatic N) is 1. The average Bonchev–Trinajstić information content (AvgIpc) is 2.94. The smallest absolute Gasteiger partial charge is 0.125 e. The van der Waals surface area contributed by atoms with Crippen molar-refractivity contribution in [1.29, 1.82) is 0 Å². The molecule has 3 nitrogen and oxygen atoms in total. The molecule has 4 heteroatoms. The first-order chi connectivity index (χ1) is 10.2. The van der Waals surface area contributed by atoms with Gasteiger partial charge in [-0.1, -0.05) is 30.3 Å². The van der Waals surface area contributed by atoms with E-state index in [1.165, 1.54) is 16.9 Å². The van der Waals surface area contributed by atoms with Gasteiger partial charge in [-0.05, 0) is 39.2 Å². The van der Waals surface area contributed by atoms with Crippen LogP contribution in [0.25, 0.3) is 11.3 Å². The lowest BCUT2D eigenvalue weighted by Gasteiger charge is -2.31. The summed E-state index contributed by atoms with van der Waals surface area (Å²) in [6, 6.07) is 10.4. The largest absolute Gasteiger partial charge is 0.368 e. The minimum atomic E-state index is -0.223. The van der Waals surface area contributed by atoms with Gasteiger partial charge in [-0.15, -0.1) is 11.3 Å². The summed E-state index contributed by atoms with van der Waals surface area (Å²) in [6.45, 7) is 3.66. The van der Waals surface area contributed by atoms with Crippen molar-refractivity contribution in [3.63, 3.8) is 0 Å². The Labute approximate surface area is 130 Å². The molecule has 2 N–H and O–H groups in total. The molecule has 0 bridgehead atoms. The van der Waals surface area contributed by atoms with Crippen LogP contribution in [0.15, 0.2) is 30.3 Å². The number of rotatable bonds is 4. The predicted octanol–water partition coefficient (Wildman–Crippen LogP) is 3.73. The van der Waals surface area contributed by atoms with Crippen molar-refractivity contribution in [1.82, 2.24) is 4.98 Å². The number of hydrogen-bond acceptors (Lipinski definition) is 4. The molecular formula is C17H22N2OS. The molecule has 0 spiro atoms. The summed E-state index contributed by atoms with van der Waals surface area (Å²) in [5.41, 5.74) is 7.80. The maximum atomic E-state index is 6.05. The van der Waals surface area contributed by atoms with Crippen molar-refractivity contribution in [3.8, 4) is 11.3 Å². The zero-order valence-electron chi connectivity index (χ0n) is 12.5. The van der Waals surface area contributed by atoms with E-state index in [0.717, 1.165) is 36.6 Å². The van der Waals surface area contributed by atoms with Gasteiger partial charge >= 0.3 is 0 Å². The Morgan fingerprint density at radius 3 is 2.76 bits per heavy atom. The second kappa shape index (κ2) is 6.26. The summed E-state index contributed by atoms with van der Waals surface area (Å²) in [7, 11) is 0. The molecule has 1 aromatic carbocycles. The van der Waals surface area contributed by atoms with Crippen LogP contribution in [0.5, 0.6) is 0 Å². The fourth-order valence-electron chi connectivity index (χ4n) is 2.80. The van der Waals surface area contributed by atoms with Crippen molar-refractivity contribution in [2.24, 2.45) is 5.73 Å². The molecule has 1 aliphatic rings. The fraction of sp³-hybridized carbons (Fsp3) is 0.471. The maximum absolute atomic E-state index is 6.05. The van der Waals surface area contributed by atoms with E-state index in [2.05, 4.69) is 31.2 Å². The highest BCUT2D eigenvalue weighted by Gasteiger charge is 2.34. The van der Waals surface area contributed by atoms with Crippen molar-refractivity contribution < 1.29 is 4.74 Å². The van der Waals surface area contributed by atoms with Crippen LogP contribution < -0.4 is 5.73 Å². The average molecular weight is 302 g/mol. The lowest BCUT2D eigenvalue weighted by molar-refractivity contribution is -0.0701. The molecule has 1 aliphatic heterocycles. The Kier molecular flexibility index (Phi) is 4.38. The van der Waals surface area contributed by atoms with E-state index in [1.807, 2.05) is 6.07 Å². The zero-order valence-corrected chi connectivity index (χ0v) is 13.3. The van der Waals surface area contributed by atoms with Crippen LogP contribution in [0.2, 0.25) is 0 Å². The van der Waals surface area contributed by atoms with Crippen LogP contribution in [0.1, 0.15) is 36.1 Å². The van der Waals surface area contributed by atoms with Gasteiger partial charge in [0.05, 0.1) is 5.69 Å². The van der Waals surface area contributed by atoms with E-state index in [1.54, 1.807) is 11.3 Å². The molecule has 0 saturated carbocycles. The van der Waals surface area contributed by atoms with Crippen molar-refractivity contribution >= 4 is 11.3 Å². The number of ether oxygens (including phenoxy) is 1. The first-order valence-electron chi connectivity index (χ1n) is 7.62. The first kappa shape index (κ1) is 14.7. The molecule has 1 unspecified atom stereocenters. The van der Waals surface area contributed by atoms with E-state index >= 15 is 0 Å². The molecule has 0 radical (unpaired) electrons. The van der Waals surface area contributed by atoms with Gasteiger partial charge in [0, 0.05) is 17.0 Å². The zero-order chi connectivity index (χ0) is 14.7. The number of nitrogens with two attached hydrogens (primary N) is 1. The number of aromatic nitrogens is 1. The van der Waals surface area contributed by atoms with Gasteiger partial charge in [0.1, 0.15) is 10.6 Å². The van der Waals surface area contributed by atoms with E-state index < -0.39 is 0 Å². The summed E-state index contributed by atoms with van der Waals surface area (Å²) in [5, 5.41) is 1.10. The van der Waals surface area contributed by atoms with Crippen molar-refractivity contribution in [2.75, 3.05) is 13.2 Å². The molecule has 1 atom stereocenters. The molecule has 1 fully saturated rings. The summed E-state index contributed by atoms with van der Waals surface area (Å²) in [6.07, 6.45) is 4.29. The standard InChI is InChI=1S/C17H22N2OS/c1-17(10-5-6-12-20-17)16-19-15(14(21-16)9-11-18)13-7-3-2-4-8-13/h2-4,7-8H,5-6,9-12,18H2,1H3. The van der Waals surface area contributed by atoms with Crippen LogP contribution in [-0.2, 0) is 16.8 Å². The molecular weight excluding hydrogens is 280 g/mol. The minimum absolute atomic E-state index is 0.223. The predicted molar refractivity (Wildman–Crippen MR) is 87.5 cm³/mol. The summed E-state index contributed by atoms with van der Waals surface area (Å²) in [5.74, 6) is 0. The van der Waals surface area contributed by atoms with E-state index in [-0.39, 0.29) is 5.60 Å². The normalized spacial score (nSPS) is 22.4. The maximum Gasteiger partial charge on any atom is 0.125 e. The molecule has 1 aromatic heterocycles. The summed E-state index contributed by atoms with van der Waals surface area (Å²) < 4.78 is 6.05. The number of thiazole rings is 1. The molecule has 3 rings (SSSR count). The molecule has 0 aliphatic carbocycles. The van der Waals surface area contributed by atoms with Crippen LogP contribution in [0.4, 0.5) is 0 Å². The first-order valence-corrected chi connectivity index (χ1v) is 8.44. The Morgan fingerprint density at radius 2 is 2.10 bits per heavy atom. The van der Waals surface area contributed by atoms with Gasteiger partial charge < -0.3 is 10.5 Å². The Bertz CT molecular complexity index is 588. The Hall–Kier alpha value is -1.23. The van der Waals surface area contributed by atoms with Crippen LogP contribution >= 0.6 is 11.3 Å². The lowest BCUT2D eigenvalue weighted by atomic mass is 9.97. The van der Waals surface area contributed by atoms with Gasteiger partial charge in [-0.3, -0.25) is 0 Å². The molecule has 2 heterocycles. The monoisotopic (exact) mass is 302 g/mol. The van der Waals surface area contributed by atoms with E-state index in [9.17, 15) is 0 Å². The highest BCUT2D eigenvalue weighted by atomic mass is 32.1. The van der Waals surface area contributed by atoms with Crippen LogP contribution in [-0.4, -0.2) is 18.1 Å². The Morgan fingerprint density at radius 1 is 1.29 bits per heavy atom. The summed E-state index contributed by atoms with van der Waals surface area (Å²) >= 11 is 1.77. The fourth-order valence-corrected chi connectivity index (χ4v) is 4.03. The van der Waals surface area contributed by atoms with Gasteiger partial charge in [0.2, 0.25) is 0 Å². The third-order valence-corrected chi connectivity index (χ3v) is 5.40. The molecule has 1 saturated heterocycles. The lowest BCUT2D eigenvalue weighted by Crippen LogP contribution is -2.29. The van der Waals surface area contributed by atoms with E-state index in [4.69, 9.17) is 15.5 Å². The molecule has 112 valence electrons. The number of hydrogen-bond donors (Lipinski definition) is 1. The van der Waals surface area contributed by atoms with Gasteiger partial charge in [0.25, 0.3) is 0 Å². The quantitative estimate of drug-likeness (QED) is 0.936. The third kappa shape index (κ3) is 3.03. The number of benzene rings is 1. The van der Waals surface area contributed by atoms with Gasteiger partial charge in [-0.25, -0.2) is 4.98 Å². The highest BCUT2D eigenvalue weighted by Crippen LogP contribution is 2.40. The minimum Gasteiger partial charge on any atom is -0.368 e. The third-order valence-electron chi connectivity index (χ3n) is 4.04. The van der Waals surface area contributed by atoms with Gasteiger partial charge in [-0.2, -0.15) is 0 Å². The second-order valence-corrected chi connectivity index (χ2v) is 6.82. The highest BCUT2D eigenvalue weighted by molar-refractivity contribution is 7.12. The summed E-state index contributed by atoms with van der Waals surface area (Å²) in [4.78, 5) is 6.20. The van der Waals surface area contributed by atoms with Crippen LogP contribution in [0, 0.1) is 0 Å². The topological polar surface area (TPSA) is 48.1 Å². The Balaban J connectivity index is 2.00. The van der Waals surface area contributed by atoms with Crippen molar-refractivity contribution in [2.45, 2.75) is 38.2 Å². The van der Waals surface area contributed by atoms with Crippen LogP contribution in [0.3, 0.4) is 0 Å². The SMILES string of the molecule is CC1(c2nc(-c3ccccc3)c(CCN)s2)CCCCO1. The molecule has 2 aromatic rings. The van der Waals surface area contributed by atoms with Crippen molar-refractivity contribution in [3.05, 3.63) is 40.2 Å². The van der Waals surface area contributed by atoms with Gasteiger partial charge in [0.15, 0.2) is 0 Å². The second-order valence-electron chi connectivity index (χ2n) is 5.73. The van der Waals surface area contributed by atoms with E-state index in [0.29, 0.717) is 6.54 Å². The molecule has 0 amide bonds.